The van der Waals surface area contributed by atoms with Crippen LogP contribution in [-0.4, -0.2) is 34.9 Å². The topological polar surface area (TPSA) is 69.6 Å². The summed E-state index contributed by atoms with van der Waals surface area (Å²) in [6.45, 7) is 4.43. The minimum absolute atomic E-state index is 0.0179. The molecule has 83 heavy (non-hydrogen) atoms. The maximum Gasteiger partial charge on any atom is 0.220 e. The summed E-state index contributed by atoms with van der Waals surface area (Å²) < 4.78 is 0. The highest BCUT2D eigenvalue weighted by Gasteiger charge is 2.20. The average molecular weight is 1170 g/mol. The van der Waals surface area contributed by atoms with Crippen molar-refractivity contribution in [2.75, 3.05) is 6.61 Å². The highest BCUT2D eigenvalue weighted by Crippen LogP contribution is 2.21. The molecule has 0 heterocycles. The van der Waals surface area contributed by atoms with E-state index >= 15 is 0 Å². The Morgan fingerprint density at radius 3 is 0.542 bits per heavy atom. The first-order valence-electron chi connectivity index (χ1n) is 39.7. The number of aliphatic hydroxyl groups excluding tert-OH is 2. The molecular formula is C79H159NO3. The van der Waals surface area contributed by atoms with Crippen LogP contribution in [-0.2, 0) is 4.79 Å². The lowest BCUT2D eigenvalue weighted by atomic mass is 10.0. The van der Waals surface area contributed by atoms with Gasteiger partial charge in [-0.2, -0.15) is 0 Å². The average Bonchev–Trinajstić information content (AvgIpc) is 3.51. The molecule has 0 saturated carbocycles. The number of hydrogen-bond donors (Lipinski definition) is 3. The molecule has 0 aliphatic rings. The molecule has 0 aromatic heterocycles. The molecular weight excluding hydrogens is 1010 g/mol. The van der Waals surface area contributed by atoms with Gasteiger partial charge in [-0.25, -0.2) is 0 Å². The van der Waals surface area contributed by atoms with E-state index in [4.69, 9.17) is 0 Å². The van der Waals surface area contributed by atoms with Crippen molar-refractivity contribution in [3.8, 4) is 0 Å². The van der Waals surface area contributed by atoms with E-state index < -0.39 is 12.1 Å². The Balaban J connectivity index is 3.32. The number of amides is 1. The first kappa shape index (κ1) is 82.4. The van der Waals surface area contributed by atoms with Crippen LogP contribution in [0.25, 0.3) is 0 Å². The van der Waals surface area contributed by atoms with Gasteiger partial charge in [0.25, 0.3) is 0 Å². The summed E-state index contributed by atoms with van der Waals surface area (Å²) in [7, 11) is 0. The molecule has 0 bridgehead atoms. The van der Waals surface area contributed by atoms with Crippen molar-refractivity contribution in [2.24, 2.45) is 0 Å². The zero-order valence-electron chi connectivity index (χ0n) is 57.8. The maximum atomic E-state index is 12.6. The Hall–Kier alpha value is -0.610. The van der Waals surface area contributed by atoms with Gasteiger partial charge in [0.15, 0.2) is 0 Å². The standard InChI is InChI=1S/C79H159NO3/c1-3-5-7-9-11-13-15-17-19-21-23-25-27-29-31-33-35-36-37-38-39-40-41-42-43-45-47-49-51-53-55-57-59-61-63-65-67-69-71-73-75-79(83)80-77(76-81)78(82)74-72-70-68-66-64-62-60-58-56-54-52-50-48-46-44-34-32-30-28-26-24-22-20-18-16-14-12-10-8-6-4-2/h77-78,81-82H,3-76H2,1-2H3,(H,80,83). The highest BCUT2D eigenvalue weighted by atomic mass is 16.3. The first-order valence-corrected chi connectivity index (χ1v) is 39.7. The molecule has 0 fully saturated rings. The summed E-state index contributed by atoms with van der Waals surface area (Å²) in [5, 5.41) is 23.5. The summed E-state index contributed by atoms with van der Waals surface area (Å²) in [4.78, 5) is 12.6. The van der Waals surface area contributed by atoms with E-state index in [9.17, 15) is 15.0 Å². The van der Waals surface area contributed by atoms with Gasteiger partial charge in [0, 0.05) is 6.42 Å². The zero-order chi connectivity index (χ0) is 59.8. The smallest absolute Gasteiger partial charge is 0.220 e. The van der Waals surface area contributed by atoms with Crippen LogP contribution in [0.1, 0.15) is 483 Å². The third kappa shape index (κ3) is 72.0. The molecule has 2 atom stereocenters. The van der Waals surface area contributed by atoms with Crippen LogP contribution in [0.15, 0.2) is 0 Å². The van der Waals surface area contributed by atoms with E-state index in [1.54, 1.807) is 0 Å². The van der Waals surface area contributed by atoms with Gasteiger partial charge >= 0.3 is 0 Å². The summed E-state index contributed by atoms with van der Waals surface area (Å²) >= 11 is 0. The van der Waals surface area contributed by atoms with E-state index in [0.29, 0.717) is 12.8 Å². The Morgan fingerprint density at radius 1 is 0.241 bits per heavy atom. The van der Waals surface area contributed by atoms with Gasteiger partial charge in [0.2, 0.25) is 5.91 Å². The number of unbranched alkanes of at least 4 members (excludes halogenated alkanes) is 69. The number of carbonyl (C=O) groups is 1. The summed E-state index contributed by atoms with van der Waals surface area (Å²) in [6, 6.07) is -0.534. The van der Waals surface area contributed by atoms with E-state index in [1.165, 1.54) is 430 Å². The van der Waals surface area contributed by atoms with Crippen molar-refractivity contribution in [3.05, 3.63) is 0 Å². The van der Waals surface area contributed by atoms with Crippen molar-refractivity contribution in [1.29, 1.82) is 0 Å². The fourth-order valence-electron chi connectivity index (χ4n) is 13.4. The molecule has 2 unspecified atom stereocenters. The number of carbonyl (C=O) groups excluding carboxylic acids is 1. The van der Waals surface area contributed by atoms with E-state index in [0.717, 1.165) is 25.7 Å². The molecule has 0 radical (unpaired) electrons. The summed E-state index contributed by atoms with van der Waals surface area (Å²) in [6.07, 6.45) is 101. The van der Waals surface area contributed by atoms with Crippen LogP contribution in [0.5, 0.6) is 0 Å². The molecule has 0 aromatic rings. The number of rotatable bonds is 76. The fraction of sp³-hybridized carbons (Fsp3) is 0.987. The second kappa shape index (κ2) is 75.6. The molecule has 1 amide bonds. The molecule has 0 rings (SSSR count). The quantitative estimate of drug-likeness (QED) is 0.0532. The fourth-order valence-corrected chi connectivity index (χ4v) is 13.4. The van der Waals surface area contributed by atoms with Gasteiger partial charge in [0.05, 0.1) is 18.8 Å². The van der Waals surface area contributed by atoms with Crippen molar-refractivity contribution in [3.63, 3.8) is 0 Å². The minimum Gasteiger partial charge on any atom is -0.394 e. The van der Waals surface area contributed by atoms with Crippen molar-refractivity contribution in [2.45, 2.75) is 495 Å². The Kier molecular flexibility index (Phi) is 75.1. The predicted molar refractivity (Wildman–Crippen MR) is 373 cm³/mol. The minimum atomic E-state index is -0.657. The van der Waals surface area contributed by atoms with Gasteiger partial charge in [0.1, 0.15) is 0 Å². The normalized spacial score (nSPS) is 12.5. The van der Waals surface area contributed by atoms with Crippen LogP contribution >= 0.6 is 0 Å². The molecule has 3 N–H and O–H groups in total. The molecule has 0 aliphatic carbocycles. The third-order valence-electron chi connectivity index (χ3n) is 19.4. The number of aliphatic hydroxyl groups is 2. The van der Waals surface area contributed by atoms with Crippen LogP contribution in [0, 0.1) is 0 Å². The Morgan fingerprint density at radius 2 is 0.386 bits per heavy atom. The van der Waals surface area contributed by atoms with Gasteiger partial charge in [-0.05, 0) is 12.8 Å². The van der Waals surface area contributed by atoms with Gasteiger partial charge in [-0.1, -0.05) is 463 Å². The van der Waals surface area contributed by atoms with Crippen LogP contribution in [0.4, 0.5) is 0 Å². The van der Waals surface area contributed by atoms with E-state index in [1.807, 2.05) is 0 Å². The summed E-state index contributed by atoms with van der Waals surface area (Å²) in [5.41, 5.74) is 0. The Bertz CT molecular complexity index is 1140. The van der Waals surface area contributed by atoms with Crippen LogP contribution < -0.4 is 5.32 Å². The van der Waals surface area contributed by atoms with Crippen molar-refractivity contribution < 1.29 is 15.0 Å². The molecule has 0 aromatic carbocycles. The van der Waals surface area contributed by atoms with Gasteiger partial charge < -0.3 is 15.5 Å². The van der Waals surface area contributed by atoms with Crippen molar-refractivity contribution >= 4 is 5.91 Å². The second-order valence-corrected chi connectivity index (χ2v) is 27.9. The molecule has 498 valence electrons. The summed E-state index contributed by atoms with van der Waals surface area (Å²) in [5.74, 6) is -0.0179. The molecule has 4 nitrogen and oxygen atoms in total. The molecule has 0 spiro atoms. The Labute approximate surface area is 525 Å². The van der Waals surface area contributed by atoms with Crippen LogP contribution in [0.3, 0.4) is 0 Å². The lowest BCUT2D eigenvalue weighted by Gasteiger charge is -2.22. The monoisotopic (exact) mass is 1170 g/mol. The largest absolute Gasteiger partial charge is 0.394 e. The van der Waals surface area contributed by atoms with Crippen molar-refractivity contribution in [1.82, 2.24) is 5.32 Å². The molecule has 4 heteroatoms. The number of hydrogen-bond acceptors (Lipinski definition) is 3. The first-order chi connectivity index (χ1) is 41.2. The van der Waals surface area contributed by atoms with E-state index in [-0.39, 0.29) is 12.5 Å². The highest BCUT2D eigenvalue weighted by molar-refractivity contribution is 5.76. The maximum absolute atomic E-state index is 12.6. The lowest BCUT2D eigenvalue weighted by Crippen LogP contribution is -2.45. The SMILES string of the molecule is CCCCCCCCCCCCCCCCCCCCCCCCCCCCCCCCCCCCCCCCCCC(=O)NC(CO)C(O)CCCCCCCCCCCCCCCCCCCCCCCCCCCCCCCCC. The number of nitrogens with one attached hydrogen (secondary N) is 1. The third-order valence-corrected chi connectivity index (χ3v) is 19.4. The molecule has 0 aliphatic heterocycles. The van der Waals surface area contributed by atoms with Gasteiger partial charge in [-0.3, -0.25) is 4.79 Å². The second-order valence-electron chi connectivity index (χ2n) is 27.9. The van der Waals surface area contributed by atoms with Gasteiger partial charge in [-0.15, -0.1) is 0 Å². The van der Waals surface area contributed by atoms with Crippen LogP contribution in [0.2, 0.25) is 0 Å². The molecule has 0 saturated heterocycles. The lowest BCUT2D eigenvalue weighted by molar-refractivity contribution is -0.123. The zero-order valence-corrected chi connectivity index (χ0v) is 57.8. The predicted octanol–water partition coefficient (Wildman–Crippen LogP) is 27.3. The van der Waals surface area contributed by atoms with E-state index in [2.05, 4.69) is 19.2 Å².